The summed E-state index contributed by atoms with van der Waals surface area (Å²) in [4.78, 5) is 0. The summed E-state index contributed by atoms with van der Waals surface area (Å²) in [6.45, 7) is 1.85. The molecule has 5 nitrogen and oxygen atoms in total. The minimum Gasteiger partial charge on any atom is -0.236 e. The molecular weight excluding hydrogens is 367 g/mol. The van der Waals surface area contributed by atoms with Crippen molar-refractivity contribution < 1.29 is 21.6 Å². The molecule has 140 valence electrons. The van der Waals surface area contributed by atoms with Gasteiger partial charge in [-0.3, -0.25) is 0 Å². The van der Waals surface area contributed by atoms with Gasteiger partial charge in [-0.2, -0.15) is 18.3 Å². The van der Waals surface area contributed by atoms with Crippen LogP contribution in [0.25, 0.3) is 5.69 Å². The summed E-state index contributed by atoms with van der Waals surface area (Å²) in [7, 11) is -4.20. The topological polar surface area (TPSA) is 78.0 Å². The van der Waals surface area contributed by atoms with E-state index in [-0.39, 0.29) is 18.5 Å². The van der Waals surface area contributed by atoms with E-state index >= 15 is 0 Å². The van der Waals surface area contributed by atoms with E-state index in [9.17, 15) is 21.6 Å². The van der Waals surface area contributed by atoms with Crippen molar-refractivity contribution in [1.29, 1.82) is 0 Å². The van der Waals surface area contributed by atoms with Gasteiger partial charge in [-0.25, -0.2) is 18.2 Å². The largest absolute Gasteiger partial charge is 0.435 e. The third-order valence-corrected chi connectivity index (χ3v) is 6.38. The van der Waals surface area contributed by atoms with Crippen molar-refractivity contribution in [3.05, 3.63) is 59.4 Å². The zero-order valence-corrected chi connectivity index (χ0v) is 14.8. The second-order valence-corrected chi connectivity index (χ2v) is 8.33. The van der Waals surface area contributed by atoms with Crippen LogP contribution >= 0.6 is 0 Å². The second-order valence-electron chi connectivity index (χ2n) is 6.45. The highest BCUT2D eigenvalue weighted by Crippen LogP contribution is 2.44. The van der Waals surface area contributed by atoms with E-state index in [2.05, 4.69) is 5.10 Å². The number of rotatable bonds is 3. The van der Waals surface area contributed by atoms with Gasteiger partial charge in [-0.05, 0) is 44.4 Å². The first-order valence-electron chi connectivity index (χ1n) is 7.96. The molecule has 2 aromatic rings. The van der Waals surface area contributed by atoms with Crippen molar-refractivity contribution in [2.45, 2.75) is 37.1 Å². The van der Waals surface area contributed by atoms with Crippen LogP contribution in [-0.4, -0.2) is 18.2 Å². The predicted molar refractivity (Wildman–Crippen MR) is 91.0 cm³/mol. The molecule has 0 fully saturated rings. The highest BCUT2D eigenvalue weighted by molar-refractivity contribution is 7.90. The maximum atomic E-state index is 13.3. The number of halogens is 3. The third-order valence-electron chi connectivity index (χ3n) is 4.72. The first-order valence-corrected chi connectivity index (χ1v) is 9.50. The molecule has 0 aliphatic heterocycles. The lowest BCUT2D eigenvalue weighted by Crippen LogP contribution is -2.43. The summed E-state index contributed by atoms with van der Waals surface area (Å²) in [5.41, 5.74) is 0.103. The maximum absolute atomic E-state index is 13.3. The lowest BCUT2D eigenvalue weighted by Gasteiger charge is -2.34. The van der Waals surface area contributed by atoms with Crippen LogP contribution in [0.4, 0.5) is 13.2 Å². The molecule has 1 unspecified atom stereocenters. The normalized spacial score (nSPS) is 21.5. The zero-order chi connectivity index (χ0) is 19.2. The highest BCUT2D eigenvalue weighted by Gasteiger charge is 2.48. The average Bonchev–Trinajstić information content (AvgIpc) is 3.01. The number of hydrogen-bond donors (Lipinski definition) is 1. The molecule has 1 aliphatic carbocycles. The Labute approximate surface area is 149 Å². The zero-order valence-electron chi connectivity index (χ0n) is 14.0. The van der Waals surface area contributed by atoms with E-state index < -0.39 is 26.6 Å². The fraction of sp³-hybridized carbons (Fsp3) is 0.353. The van der Waals surface area contributed by atoms with Crippen molar-refractivity contribution in [3.8, 4) is 5.69 Å². The van der Waals surface area contributed by atoms with Crippen molar-refractivity contribution in [2.75, 3.05) is 0 Å². The first-order chi connectivity index (χ1) is 12.0. The van der Waals surface area contributed by atoms with Crippen LogP contribution in [0.15, 0.2) is 48.0 Å². The summed E-state index contributed by atoms with van der Waals surface area (Å²) < 4.78 is 64.2. The molecule has 1 aliphatic rings. The number of sulfonamides is 1. The molecule has 9 heteroatoms. The van der Waals surface area contributed by atoms with Crippen LogP contribution in [0, 0.1) is 0 Å². The number of allylic oxidation sites excluding steroid dienone is 2. The monoisotopic (exact) mass is 385 g/mol. The van der Waals surface area contributed by atoms with Crippen LogP contribution in [0.5, 0.6) is 0 Å². The molecular formula is C17H18F3N3O2S. The Hall–Kier alpha value is -2.13. The van der Waals surface area contributed by atoms with Crippen LogP contribution in [0.3, 0.4) is 0 Å². The fourth-order valence-electron chi connectivity index (χ4n) is 3.19. The van der Waals surface area contributed by atoms with Crippen molar-refractivity contribution in [2.24, 2.45) is 5.14 Å². The number of nitrogens with two attached hydrogens (primary N) is 1. The first kappa shape index (κ1) is 18.7. The number of hydrogen-bond acceptors (Lipinski definition) is 3. The van der Waals surface area contributed by atoms with Crippen LogP contribution in [-0.2, 0) is 20.9 Å². The average molecular weight is 385 g/mol. The van der Waals surface area contributed by atoms with Gasteiger partial charge in [0.1, 0.15) is 4.75 Å². The molecule has 3 rings (SSSR count). The number of benzene rings is 1. The van der Waals surface area contributed by atoms with Gasteiger partial charge in [-0.1, -0.05) is 29.8 Å². The molecule has 0 amide bonds. The molecule has 0 bridgehead atoms. The van der Waals surface area contributed by atoms with Gasteiger partial charge in [0.2, 0.25) is 10.0 Å². The SMILES string of the molecule is CC1=CCC(c2cc(C(F)(F)F)nn2-c2ccccc2)(S(N)(=O)=O)CC1. The summed E-state index contributed by atoms with van der Waals surface area (Å²) in [5, 5.41) is 9.16. The maximum Gasteiger partial charge on any atom is 0.435 e. The molecule has 26 heavy (non-hydrogen) atoms. The molecule has 0 radical (unpaired) electrons. The molecule has 0 saturated carbocycles. The van der Waals surface area contributed by atoms with E-state index in [1.807, 2.05) is 6.92 Å². The predicted octanol–water partition coefficient (Wildman–Crippen LogP) is 3.51. The van der Waals surface area contributed by atoms with Gasteiger partial charge in [0, 0.05) is 0 Å². The molecule has 2 N–H and O–H groups in total. The molecule has 0 spiro atoms. The van der Waals surface area contributed by atoms with Crippen molar-refractivity contribution >= 4 is 10.0 Å². The Morgan fingerprint density at radius 1 is 1.23 bits per heavy atom. The summed E-state index contributed by atoms with van der Waals surface area (Å²) in [6, 6.07) is 8.92. The van der Waals surface area contributed by atoms with Crippen molar-refractivity contribution in [1.82, 2.24) is 9.78 Å². The van der Waals surface area contributed by atoms with Gasteiger partial charge in [-0.15, -0.1) is 0 Å². The number of primary sulfonamides is 1. The van der Waals surface area contributed by atoms with E-state index in [1.54, 1.807) is 36.4 Å². The van der Waals surface area contributed by atoms with Gasteiger partial charge in [0.15, 0.2) is 5.69 Å². The van der Waals surface area contributed by atoms with Crippen molar-refractivity contribution in [3.63, 3.8) is 0 Å². The number of nitrogens with zero attached hydrogens (tertiary/aromatic N) is 2. The number of aromatic nitrogens is 2. The van der Waals surface area contributed by atoms with Gasteiger partial charge in [0.05, 0.1) is 11.4 Å². The lowest BCUT2D eigenvalue weighted by molar-refractivity contribution is -0.141. The fourth-order valence-corrected chi connectivity index (χ4v) is 4.33. The third kappa shape index (κ3) is 3.16. The lowest BCUT2D eigenvalue weighted by atomic mass is 9.86. The van der Waals surface area contributed by atoms with Crippen LogP contribution < -0.4 is 5.14 Å². The van der Waals surface area contributed by atoms with E-state index in [0.29, 0.717) is 12.1 Å². The van der Waals surface area contributed by atoms with Crippen LogP contribution in [0.1, 0.15) is 37.6 Å². The quantitative estimate of drug-likeness (QED) is 0.822. The number of alkyl halides is 3. The Morgan fingerprint density at radius 2 is 1.88 bits per heavy atom. The minimum atomic E-state index is -4.70. The van der Waals surface area contributed by atoms with E-state index in [1.165, 1.54) is 0 Å². The Balaban J connectivity index is 2.30. The molecule has 1 aromatic heterocycles. The standard InChI is InChI=1S/C17H18F3N3O2S/c1-12-7-9-16(10-8-12,26(21,24)25)15-11-14(17(18,19)20)22-23(15)13-5-3-2-4-6-13/h2-7,11H,8-10H2,1H3,(H2,21,24,25). The Morgan fingerprint density at radius 3 is 2.38 bits per heavy atom. The second kappa shape index (κ2) is 6.24. The van der Waals surface area contributed by atoms with Crippen LogP contribution in [0.2, 0.25) is 0 Å². The van der Waals surface area contributed by atoms with E-state index in [0.717, 1.165) is 16.3 Å². The minimum absolute atomic E-state index is 0.00743. The number of para-hydroxylation sites is 1. The molecule has 1 aromatic carbocycles. The molecule has 1 atom stereocenters. The van der Waals surface area contributed by atoms with Gasteiger partial charge in [0.25, 0.3) is 0 Å². The molecule has 0 saturated heterocycles. The summed E-state index contributed by atoms with van der Waals surface area (Å²) >= 11 is 0. The molecule has 1 heterocycles. The summed E-state index contributed by atoms with van der Waals surface area (Å²) in [5.74, 6) is 0. The summed E-state index contributed by atoms with van der Waals surface area (Å²) in [6.07, 6.45) is -2.45. The Kier molecular flexibility index (Phi) is 4.48. The Bertz CT molecular complexity index is 949. The smallest absolute Gasteiger partial charge is 0.236 e. The van der Waals surface area contributed by atoms with E-state index in [4.69, 9.17) is 5.14 Å². The van der Waals surface area contributed by atoms with Gasteiger partial charge < -0.3 is 0 Å². The van der Waals surface area contributed by atoms with Gasteiger partial charge >= 0.3 is 6.18 Å². The highest BCUT2D eigenvalue weighted by atomic mass is 32.2.